The van der Waals surface area contributed by atoms with Gasteiger partial charge in [0.15, 0.2) is 11.6 Å². The molecule has 0 saturated heterocycles. The van der Waals surface area contributed by atoms with E-state index in [0.29, 0.717) is 23.2 Å². The first-order valence-electron chi connectivity index (χ1n) is 9.32. The third-order valence-corrected chi connectivity index (χ3v) is 4.39. The van der Waals surface area contributed by atoms with Gasteiger partial charge in [-0.15, -0.1) is 0 Å². The molecule has 0 aliphatic carbocycles. The van der Waals surface area contributed by atoms with E-state index in [1.165, 1.54) is 24.5 Å². The van der Waals surface area contributed by atoms with Gasteiger partial charge in [0, 0.05) is 35.9 Å². The monoisotopic (exact) mass is 460 g/mol. The van der Waals surface area contributed by atoms with Crippen LogP contribution in [-0.4, -0.2) is 16.0 Å². The Kier molecular flexibility index (Phi) is 5.78. The lowest BCUT2D eigenvalue weighted by molar-refractivity contribution is -0.139. The molecule has 0 atom stereocenters. The van der Waals surface area contributed by atoms with Gasteiger partial charge >= 0.3 is 12.2 Å². The second kappa shape index (κ2) is 8.69. The molecule has 6 nitrogen and oxygen atoms in total. The van der Waals surface area contributed by atoms with Crippen LogP contribution in [0.1, 0.15) is 5.56 Å². The van der Waals surface area contributed by atoms with Crippen LogP contribution in [0.2, 0.25) is 0 Å². The second-order valence-corrected chi connectivity index (χ2v) is 6.73. The highest BCUT2D eigenvalue weighted by atomic mass is 19.4. The lowest BCUT2D eigenvalue weighted by atomic mass is 10.2. The summed E-state index contributed by atoms with van der Waals surface area (Å²) in [5, 5.41) is 4.58. The van der Waals surface area contributed by atoms with E-state index in [1.807, 2.05) is 0 Å². The number of amides is 2. The van der Waals surface area contributed by atoms with Crippen LogP contribution in [0, 0.1) is 11.6 Å². The lowest BCUT2D eigenvalue weighted by Crippen LogP contribution is -2.20. The number of nitrogens with one attached hydrogen (secondary N) is 2. The Bertz CT molecular complexity index is 1340. The van der Waals surface area contributed by atoms with Crippen molar-refractivity contribution in [2.24, 2.45) is 0 Å². The Morgan fingerprint density at radius 2 is 1.45 bits per heavy atom. The molecule has 168 valence electrons. The molecular formula is C22H13F5N4O2. The van der Waals surface area contributed by atoms with Gasteiger partial charge < -0.3 is 15.4 Å². The van der Waals surface area contributed by atoms with Crippen LogP contribution < -0.4 is 15.4 Å². The van der Waals surface area contributed by atoms with E-state index in [4.69, 9.17) is 4.74 Å². The number of carbonyl (C=O) groups is 1. The number of aromatic nitrogens is 2. The number of anilines is 2. The van der Waals surface area contributed by atoms with E-state index in [0.717, 1.165) is 12.1 Å². The molecule has 0 bridgehead atoms. The van der Waals surface area contributed by atoms with Crippen LogP contribution >= 0.6 is 0 Å². The van der Waals surface area contributed by atoms with E-state index in [1.54, 1.807) is 18.2 Å². The zero-order chi connectivity index (χ0) is 23.6. The zero-order valence-electron chi connectivity index (χ0n) is 16.5. The first kappa shape index (κ1) is 21.9. The number of alkyl halides is 3. The van der Waals surface area contributed by atoms with E-state index in [-0.39, 0.29) is 22.9 Å². The topological polar surface area (TPSA) is 76.1 Å². The van der Waals surface area contributed by atoms with E-state index >= 15 is 0 Å². The van der Waals surface area contributed by atoms with Crippen LogP contribution in [-0.2, 0) is 6.18 Å². The number of fused-ring (bicyclic) bond motifs is 1. The fourth-order valence-corrected chi connectivity index (χ4v) is 2.91. The maximum absolute atomic E-state index is 14.2. The molecular weight excluding hydrogens is 447 g/mol. The Morgan fingerprint density at radius 3 is 2.15 bits per heavy atom. The molecule has 0 saturated carbocycles. The van der Waals surface area contributed by atoms with E-state index in [2.05, 4.69) is 20.6 Å². The minimum absolute atomic E-state index is 0.122. The highest BCUT2D eigenvalue weighted by Gasteiger charge is 2.34. The highest BCUT2D eigenvalue weighted by Crippen LogP contribution is 2.33. The summed E-state index contributed by atoms with van der Waals surface area (Å²) in [5.41, 5.74) is -0.371. The Morgan fingerprint density at radius 1 is 0.788 bits per heavy atom. The summed E-state index contributed by atoms with van der Waals surface area (Å²) in [6.07, 6.45) is -1.83. The van der Waals surface area contributed by atoms with Crippen molar-refractivity contribution in [3.8, 4) is 11.5 Å². The van der Waals surface area contributed by atoms with Crippen molar-refractivity contribution in [3.05, 3.63) is 84.2 Å². The standard InChI is InChI=1S/C22H13F5N4O2/c23-16-5-2-13(10-20(16)33-14-3-6-18-19(11-14)29-8-7-28-18)31-21(32)30-12-1-4-15(17(24)9-12)22(25,26)27/h1-11H,(H2,30,31,32). The van der Waals surface area contributed by atoms with Crippen LogP contribution in [0.3, 0.4) is 0 Å². The summed E-state index contributed by atoms with van der Waals surface area (Å²) >= 11 is 0. The molecule has 4 aromatic rings. The van der Waals surface area contributed by atoms with Crippen LogP contribution in [0.15, 0.2) is 67.0 Å². The molecule has 0 aliphatic rings. The molecule has 2 N–H and O–H groups in total. The van der Waals surface area contributed by atoms with Crippen LogP contribution in [0.25, 0.3) is 11.0 Å². The van der Waals surface area contributed by atoms with Crippen molar-refractivity contribution in [3.63, 3.8) is 0 Å². The average molecular weight is 460 g/mol. The smallest absolute Gasteiger partial charge is 0.419 e. The molecule has 3 aromatic carbocycles. The maximum Gasteiger partial charge on any atom is 0.419 e. The molecule has 4 rings (SSSR count). The SMILES string of the molecule is O=C(Nc1ccc(C(F)(F)F)c(F)c1)Nc1ccc(F)c(Oc2ccc3nccnc3c2)c1. The second-order valence-electron chi connectivity index (χ2n) is 6.73. The summed E-state index contributed by atoms with van der Waals surface area (Å²) in [7, 11) is 0. The Balaban J connectivity index is 1.47. The number of ether oxygens (including phenoxy) is 1. The van der Waals surface area contributed by atoms with Crippen molar-refractivity contribution in [2.75, 3.05) is 10.6 Å². The molecule has 1 heterocycles. The molecule has 11 heteroatoms. The average Bonchev–Trinajstić information content (AvgIpc) is 2.75. The van der Waals surface area contributed by atoms with Gasteiger partial charge in [0.2, 0.25) is 0 Å². The fraction of sp³-hybridized carbons (Fsp3) is 0.0455. The Hall–Kier alpha value is -4.28. The molecule has 0 radical (unpaired) electrons. The van der Waals surface area contributed by atoms with Crippen LogP contribution in [0.5, 0.6) is 11.5 Å². The quantitative estimate of drug-likeness (QED) is 0.348. The molecule has 0 spiro atoms. The van der Waals surface area contributed by atoms with Gasteiger partial charge in [-0.2, -0.15) is 13.2 Å². The predicted molar refractivity (Wildman–Crippen MR) is 110 cm³/mol. The number of urea groups is 1. The first-order valence-corrected chi connectivity index (χ1v) is 9.32. The van der Waals surface area contributed by atoms with Gasteiger partial charge in [-0.25, -0.2) is 13.6 Å². The third kappa shape index (κ3) is 5.14. The Labute approximate surface area is 183 Å². The number of hydrogen-bond acceptors (Lipinski definition) is 4. The van der Waals surface area contributed by atoms with Crippen molar-refractivity contribution >= 4 is 28.4 Å². The van der Waals surface area contributed by atoms with Crippen molar-refractivity contribution in [1.29, 1.82) is 0 Å². The first-order chi connectivity index (χ1) is 15.7. The molecule has 2 amide bonds. The van der Waals surface area contributed by atoms with E-state index < -0.39 is 29.4 Å². The summed E-state index contributed by atoms with van der Waals surface area (Å²) < 4.78 is 71.4. The minimum Gasteiger partial charge on any atom is -0.454 e. The lowest BCUT2D eigenvalue weighted by Gasteiger charge is -2.12. The maximum atomic E-state index is 14.2. The van der Waals surface area contributed by atoms with Gasteiger partial charge in [0.1, 0.15) is 11.6 Å². The van der Waals surface area contributed by atoms with Gasteiger partial charge in [-0.05, 0) is 42.5 Å². The molecule has 33 heavy (non-hydrogen) atoms. The summed E-state index contributed by atoms with van der Waals surface area (Å²) in [6.45, 7) is 0. The molecule has 0 unspecified atom stereocenters. The van der Waals surface area contributed by atoms with E-state index in [9.17, 15) is 26.7 Å². The van der Waals surface area contributed by atoms with Gasteiger partial charge in [-0.3, -0.25) is 9.97 Å². The van der Waals surface area contributed by atoms with Crippen LogP contribution in [0.4, 0.5) is 38.1 Å². The zero-order valence-corrected chi connectivity index (χ0v) is 16.5. The van der Waals surface area contributed by atoms with Crippen molar-refractivity contribution in [2.45, 2.75) is 6.18 Å². The number of carbonyl (C=O) groups excluding carboxylic acids is 1. The van der Waals surface area contributed by atoms with Crippen molar-refractivity contribution < 1.29 is 31.5 Å². The summed E-state index contributed by atoms with van der Waals surface area (Å²) in [6, 6.07) is 9.39. The predicted octanol–water partition coefficient (Wildman–Crippen LogP) is 6.36. The molecule has 0 fully saturated rings. The largest absolute Gasteiger partial charge is 0.454 e. The number of hydrogen-bond donors (Lipinski definition) is 2. The fourth-order valence-electron chi connectivity index (χ4n) is 2.91. The van der Waals surface area contributed by atoms with Crippen molar-refractivity contribution in [1.82, 2.24) is 9.97 Å². The number of nitrogens with zero attached hydrogens (tertiary/aromatic N) is 2. The number of benzene rings is 3. The normalized spacial score (nSPS) is 11.3. The molecule has 0 aliphatic heterocycles. The van der Waals surface area contributed by atoms with Gasteiger partial charge in [0.25, 0.3) is 0 Å². The highest BCUT2D eigenvalue weighted by molar-refractivity contribution is 5.99. The van der Waals surface area contributed by atoms with Gasteiger partial charge in [-0.1, -0.05) is 0 Å². The molecule has 1 aromatic heterocycles. The summed E-state index contributed by atoms with van der Waals surface area (Å²) in [5.74, 6) is -2.15. The third-order valence-electron chi connectivity index (χ3n) is 4.39. The number of halogens is 5. The number of rotatable bonds is 4. The van der Waals surface area contributed by atoms with Gasteiger partial charge in [0.05, 0.1) is 16.6 Å². The minimum atomic E-state index is -4.85. The summed E-state index contributed by atoms with van der Waals surface area (Å²) in [4.78, 5) is 20.4.